The number of carbonyl (C=O) groups excluding carboxylic acids is 1. The molecule has 168 valence electrons. The molecule has 0 radical (unpaired) electrons. The van der Waals surface area contributed by atoms with Gasteiger partial charge in [0.05, 0.1) is 12.0 Å². The molecule has 0 aliphatic carbocycles. The normalized spacial score (nSPS) is 10.4. The highest BCUT2D eigenvalue weighted by atomic mass is 16.3. The van der Waals surface area contributed by atoms with Gasteiger partial charge in [-0.25, -0.2) is 15.0 Å². The van der Waals surface area contributed by atoms with Crippen LogP contribution in [0.25, 0.3) is 10.8 Å². The number of anilines is 3. The molecule has 0 saturated heterocycles. The third-order valence-corrected chi connectivity index (χ3v) is 3.85. The second-order valence-electron chi connectivity index (χ2n) is 7.40. The number of pyridine rings is 2. The van der Waals surface area contributed by atoms with Crippen LogP contribution in [0.3, 0.4) is 0 Å². The summed E-state index contributed by atoms with van der Waals surface area (Å²) in [4.78, 5) is 33.8. The number of aliphatic hydroxyl groups excluding tert-OH is 1. The Morgan fingerprint density at radius 1 is 1.13 bits per heavy atom. The largest absolute Gasteiger partial charge is 0.395 e. The van der Waals surface area contributed by atoms with Crippen LogP contribution in [0.5, 0.6) is 0 Å². The van der Waals surface area contributed by atoms with Crippen molar-refractivity contribution in [1.29, 1.82) is 0 Å². The topological polar surface area (TPSA) is 122 Å². The van der Waals surface area contributed by atoms with E-state index >= 15 is 0 Å². The first-order chi connectivity index (χ1) is 14.8. The Kier molecular flexibility index (Phi) is 9.75. The number of fused-ring (bicyclic) bond motifs is 1. The summed E-state index contributed by atoms with van der Waals surface area (Å²) in [5, 5.41) is 16.9. The van der Waals surface area contributed by atoms with Gasteiger partial charge >= 0.3 is 0 Å². The average molecular weight is 429 g/mol. The fourth-order valence-electron chi connectivity index (χ4n) is 2.75. The number of hydrogen-bond acceptors (Lipinski definition) is 8. The number of nitrogens with zero attached hydrogens (tertiary/aromatic N) is 4. The molecular formula is C22H32N6O3. The van der Waals surface area contributed by atoms with E-state index in [9.17, 15) is 9.90 Å². The van der Waals surface area contributed by atoms with Crippen LogP contribution in [-0.2, 0) is 11.3 Å². The van der Waals surface area contributed by atoms with Gasteiger partial charge in [-0.05, 0) is 45.2 Å². The molecule has 31 heavy (non-hydrogen) atoms. The minimum Gasteiger partial charge on any atom is -0.395 e. The summed E-state index contributed by atoms with van der Waals surface area (Å²) in [6.45, 7) is 14.0. The van der Waals surface area contributed by atoms with Crippen LogP contribution in [0.4, 0.5) is 17.5 Å². The fourth-order valence-corrected chi connectivity index (χ4v) is 2.75. The molecule has 3 aromatic rings. The van der Waals surface area contributed by atoms with Gasteiger partial charge < -0.3 is 25.1 Å². The average Bonchev–Trinajstić information content (AvgIpc) is 2.72. The van der Waals surface area contributed by atoms with Crippen molar-refractivity contribution >= 4 is 35.0 Å². The van der Waals surface area contributed by atoms with Gasteiger partial charge in [0.1, 0.15) is 30.6 Å². The number of aliphatic hydroxyl groups is 1. The van der Waals surface area contributed by atoms with Gasteiger partial charge in [-0.3, -0.25) is 4.79 Å². The molecule has 0 atom stereocenters. The van der Waals surface area contributed by atoms with Crippen LogP contribution in [0, 0.1) is 6.92 Å². The Balaban J connectivity index is 0.00000113. The Morgan fingerprint density at radius 3 is 2.39 bits per heavy atom. The van der Waals surface area contributed by atoms with Crippen molar-refractivity contribution in [3.05, 3.63) is 46.8 Å². The van der Waals surface area contributed by atoms with E-state index in [0.717, 1.165) is 11.1 Å². The minimum absolute atomic E-state index is 0.104. The van der Waals surface area contributed by atoms with Crippen LogP contribution >= 0.6 is 0 Å². The van der Waals surface area contributed by atoms with E-state index in [1.807, 2.05) is 66.5 Å². The van der Waals surface area contributed by atoms with Gasteiger partial charge in [0.15, 0.2) is 0 Å². The molecule has 0 aliphatic rings. The monoisotopic (exact) mass is 428 g/mol. The predicted octanol–water partition coefficient (Wildman–Crippen LogP) is 3.28. The van der Waals surface area contributed by atoms with Crippen molar-refractivity contribution in [3.63, 3.8) is 0 Å². The van der Waals surface area contributed by atoms with Crippen LogP contribution in [0.1, 0.15) is 40.3 Å². The Hall–Kier alpha value is -3.33. The number of carbonyl (C=O) groups is 1. The van der Waals surface area contributed by atoms with Crippen LogP contribution in [0.15, 0.2) is 35.5 Å². The fraction of sp³-hybridized carbons (Fsp3) is 0.409. The number of rotatable bonds is 5. The van der Waals surface area contributed by atoms with E-state index < -0.39 is 0 Å². The molecule has 3 heterocycles. The highest BCUT2D eigenvalue weighted by molar-refractivity contribution is 5.93. The van der Waals surface area contributed by atoms with E-state index in [-0.39, 0.29) is 24.2 Å². The molecule has 0 unspecified atom stereocenters. The molecule has 9 heteroatoms. The van der Waals surface area contributed by atoms with E-state index in [1.165, 1.54) is 10.9 Å². The standard InChI is InChI=1S/C19H24N6O2.C2H6.CH2O/c1-12-9-14(21-11-20-12)22-15-10-13-5-6-25(7-8-26)18(27)16(13)17(23-15)24-19(2,3)4;2*1-2/h5-6,9-11,26H,7-8H2,1-4H3,(H2,20,21,22,23,24);1-2H3;1H2. The highest BCUT2D eigenvalue weighted by Gasteiger charge is 2.17. The van der Waals surface area contributed by atoms with E-state index in [2.05, 4.69) is 25.6 Å². The van der Waals surface area contributed by atoms with Crippen molar-refractivity contribution < 1.29 is 9.90 Å². The number of aryl methyl sites for hydroxylation is 1. The van der Waals surface area contributed by atoms with Gasteiger partial charge in [0, 0.05) is 30.0 Å². The van der Waals surface area contributed by atoms with Gasteiger partial charge in [-0.15, -0.1) is 0 Å². The molecule has 0 amide bonds. The summed E-state index contributed by atoms with van der Waals surface area (Å²) in [7, 11) is 0. The van der Waals surface area contributed by atoms with Crippen molar-refractivity contribution in [3.8, 4) is 0 Å². The zero-order chi connectivity index (χ0) is 23.6. The first-order valence-electron chi connectivity index (χ1n) is 10.0. The Bertz CT molecular complexity index is 1040. The Labute approximate surface area is 182 Å². The molecule has 0 saturated carbocycles. The molecule has 0 aliphatic heterocycles. The third kappa shape index (κ3) is 7.14. The molecular weight excluding hydrogens is 396 g/mol. The molecule has 0 fully saturated rings. The Morgan fingerprint density at radius 2 is 1.81 bits per heavy atom. The second-order valence-corrected chi connectivity index (χ2v) is 7.40. The van der Waals surface area contributed by atoms with Gasteiger partial charge in [-0.1, -0.05) is 13.8 Å². The minimum atomic E-state index is -0.284. The molecule has 3 N–H and O–H groups in total. The molecule has 9 nitrogen and oxygen atoms in total. The zero-order valence-electron chi connectivity index (χ0n) is 19.1. The lowest BCUT2D eigenvalue weighted by molar-refractivity contribution is -0.0979. The maximum absolute atomic E-state index is 12.9. The molecule has 0 spiro atoms. The lowest BCUT2D eigenvalue weighted by Gasteiger charge is -2.23. The van der Waals surface area contributed by atoms with Crippen LogP contribution in [0.2, 0.25) is 0 Å². The van der Waals surface area contributed by atoms with Crippen molar-refractivity contribution in [2.75, 3.05) is 17.2 Å². The maximum atomic E-state index is 12.9. The van der Waals surface area contributed by atoms with Gasteiger partial charge in [0.25, 0.3) is 5.56 Å². The summed E-state index contributed by atoms with van der Waals surface area (Å²) in [6.07, 6.45) is 3.17. The van der Waals surface area contributed by atoms with Gasteiger partial charge in [0.2, 0.25) is 0 Å². The number of hydrogen-bond donors (Lipinski definition) is 3. The van der Waals surface area contributed by atoms with Crippen LogP contribution in [-0.4, -0.2) is 43.6 Å². The molecule has 3 rings (SSSR count). The van der Waals surface area contributed by atoms with Crippen molar-refractivity contribution in [1.82, 2.24) is 19.5 Å². The smallest absolute Gasteiger partial charge is 0.262 e. The second kappa shape index (κ2) is 11.8. The maximum Gasteiger partial charge on any atom is 0.262 e. The molecule has 3 aromatic heterocycles. The van der Waals surface area contributed by atoms with Crippen molar-refractivity contribution in [2.24, 2.45) is 0 Å². The first-order valence-corrected chi connectivity index (χ1v) is 10.0. The molecule has 0 bridgehead atoms. The van der Waals surface area contributed by atoms with E-state index in [0.29, 0.717) is 22.8 Å². The van der Waals surface area contributed by atoms with E-state index in [1.54, 1.807) is 6.20 Å². The van der Waals surface area contributed by atoms with Crippen molar-refractivity contribution in [2.45, 2.75) is 53.6 Å². The SMILES string of the molecule is C=O.CC.Cc1cc(Nc2cc3ccn(CCO)c(=O)c3c(NC(C)(C)C)n2)ncn1. The summed E-state index contributed by atoms with van der Waals surface area (Å²) in [5.41, 5.74) is 0.368. The van der Waals surface area contributed by atoms with E-state index in [4.69, 9.17) is 4.79 Å². The van der Waals surface area contributed by atoms with Gasteiger partial charge in [-0.2, -0.15) is 0 Å². The van der Waals surface area contributed by atoms with Crippen LogP contribution < -0.4 is 16.2 Å². The number of nitrogens with one attached hydrogen (secondary N) is 2. The summed E-state index contributed by atoms with van der Waals surface area (Å²) in [6, 6.07) is 5.48. The molecule has 0 aromatic carbocycles. The highest BCUT2D eigenvalue weighted by Crippen LogP contribution is 2.26. The number of aromatic nitrogens is 4. The third-order valence-electron chi connectivity index (χ3n) is 3.85. The summed E-state index contributed by atoms with van der Waals surface area (Å²) in [5.74, 6) is 1.70. The zero-order valence-corrected chi connectivity index (χ0v) is 19.1. The lowest BCUT2D eigenvalue weighted by Crippen LogP contribution is -2.29. The quantitative estimate of drug-likeness (QED) is 0.566. The first kappa shape index (κ1) is 25.7. The lowest BCUT2D eigenvalue weighted by atomic mass is 10.1. The predicted molar refractivity (Wildman–Crippen MR) is 125 cm³/mol. The summed E-state index contributed by atoms with van der Waals surface area (Å²) >= 11 is 0. The summed E-state index contributed by atoms with van der Waals surface area (Å²) < 4.78 is 1.48.